The molecule has 0 bridgehead atoms. The highest BCUT2D eigenvalue weighted by molar-refractivity contribution is 6.06. The number of nitrogens with one attached hydrogen (secondary N) is 2. The van der Waals surface area contributed by atoms with Gasteiger partial charge in [-0.1, -0.05) is 30.3 Å². The minimum absolute atomic E-state index is 0.221. The van der Waals surface area contributed by atoms with Gasteiger partial charge >= 0.3 is 0 Å². The van der Waals surface area contributed by atoms with E-state index >= 15 is 0 Å². The van der Waals surface area contributed by atoms with Crippen molar-refractivity contribution < 1.29 is 4.79 Å². The Morgan fingerprint density at radius 1 is 1.19 bits per heavy atom. The van der Waals surface area contributed by atoms with Crippen molar-refractivity contribution in [3.63, 3.8) is 0 Å². The molecule has 0 fully saturated rings. The molecule has 0 saturated carbocycles. The summed E-state index contributed by atoms with van der Waals surface area (Å²) in [5.74, 6) is 0.347. The van der Waals surface area contributed by atoms with Crippen LogP contribution in [0.2, 0.25) is 0 Å². The molecule has 0 aliphatic carbocycles. The van der Waals surface area contributed by atoms with Crippen molar-refractivity contribution in [3.05, 3.63) is 83.3 Å². The van der Waals surface area contributed by atoms with Gasteiger partial charge in [0.25, 0.3) is 5.91 Å². The summed E-state index contributed by atoms with van der Waals surface area (Å²) in [5, 5.41) is 19.4. The monoisotopic (exact) mass is 356 g/mol. The second-order valence-electron chi connectivity index (χ2n) is 6.15. The lowest BCUT2D eigenvalue weighted by Gasteiger charge is -2.28. The van der Waals surface area contributed by atoms with Gasteiger partial charge in [-0.3, -0.25) is 4.79 Å². The lowest BCUT2D eigenvalue weighted by atomic mass is 9.94. The van der Waals surface area contributed by atoms with Crippen molar-refractivity contribution >= 4 is 17.5 Å². The van der Waals surface area contributed by atoms with E-state index in [0.29, 0.717) is 28.5 Å². The van der Waals surface area contributed by atoms with Gasteiger partial charge in [0.1, 0.15) is 12.4 Å². The van der Waals surface area contributed by atoms with Crippen LogP contribution in [0, 0.1) is 11.3 Å². The van der Waals surface area contributed by atoms with Crippen molar-refractivity contribution in [2.75, 3.05) is 10.6 Å². The molecule has 1 amide bonds. The van der Waals surface area contributed by atoms with E-state index in [-0.39, 0.29) is 5.91 Å². The van der Waals surface area contributed by atoms with E-state index in [0.717, 1.165) is 5.56 Å². The van der Waals surface area contributed by atoms with Crippen molar-refractivity contribution in [2.45, 2.75) is 13.0 Å². The van der Waals surface area contributed by atoms with Crippen molar-refractivity contribution in [2.24, 2.45) is 0 Å². The normalized spacial score (nSPS) is 15.5. The van der Waals surface area contributed by atoms with Gasteiger partial charge in [-0.15, -0.1) is 0 Å². The fraction of sp³-hybridized carbons (Fsp3) is 0.100. The summed E-state index contributed by atoms with van der Waals surface area (Å²) >= 11 is 0. The first-order valence-electron chi connectivity index (χ1n) is 8.41. The highest BCUT2D eigenvalue weighted by Gasteiger charge is 2.33. The second-order valence-corrected chi connectivity index (χ2v) is 6.15. The lowest BCUT2D eigenvalue weighted by Crippen LogP contribution is -2.31. The zero-order valence-electron chi connectivity index (χ0n) is 14.5. The second kappa shape index (κ2) is 6.77. The van der Waals surface area contributed by atoms with Crippen LogP contribution < -0.4 is 10.6 Å². The third kappa shape index (κ3) is 3.04. The minimum Gasteiger partial charge on any atom is -0.328 e. The molecule has 4 rings (SSSR count). The van der Waals surface area contributed by atoms with Crippen molar-refractivity contribution in [3.8, 4) is 6.07 Å². The molecular weight excluding hydrogens is 340 g/mol. The van der Waals surface area contributed by atoms with E-state index in [4.69, 9.17) is 5.26 Å². The Hall–Kier alpha value is -3.92. The molecule has 27 heavy (non-hydrogen) atoms. The number of hydrogen-bond donors (Lipinski definition) is 2. The maximum atomic E-state index is 13.1. The smallest absolute Gasteiger partial charge is 0.255 e. The molecule has 0 unspecified atom stereocenters. The van der Waals surface area contributed by atoms with Crippen LogP contribution in [0.4, 0.5) is 11.6 Å². The first-order valence-corrected chi connectivity index (χ1v) is 8.41. The predicted molar refractivity (Wildman–Crippen MR) is 101 cm³/mol. The van der Waals surface area contributed by atoms with Gasteiger partial charge in [0.2, 0.25) is 5.95 Å². The zero-order chi connectivity index (χ0) is 18.8. The SMILES string of the molecule is CC1=C(C(=O)Nc2ccccc2)[C@@H](c2ccc(C#N)cc2)n2ncnc2N1. The number of carbonyl (C=O) groups excluding carboxylic acids is 1. The number of benzene rings is 2. The maximum Gasteiger partial charge on any atom is 0.255 e. The fourth-order valence-electron chi connectivity index (χ4n) is 3.15. The van der Waals surface area contributed by atoms with E-state index in [2.05, 4.69) is 26.8 Å². The van der Waals surface area contributed by atoms with Crippen LogP contribution in [0.25, 0.3) is 0 Å². The number of carbonyl (C=O) groups is 1. The number of nitriles is 1. The van der Waals surface area contributed by atoms with Crippen LogP contribution in [-0.2, 0) is 4.79 Å². The largest absolute Gasteiger partial charge is 0.328 e. The number of rotatable bonds is 3. The number of para-hydroxylation sites is 1. The van der Waals surface area contributed by atoms with Crippen LogP contribution in [0.5, 0.6) is 0 Å². The van der Waals surface area contributed by atoms with E-state index in [1.54, 1.807) is 16.8 Å². The highest BCUT2D eigenvalue weighted by atomic mass is 16.1. The first-order chi connectivity index (χ1) is 13.2. The number of aromatic nitrogens is 3. The summed E-state index contributed by atoms with van der Waals surface area (Å²) in [7, 11) is 0. The van der Waals surface area contributed by atoms with Crippen LogP contribution in [0.1, 0.15) is 24.1 Å². The molecular formula is C20H16N6O. The van der Waals surface area contributed by atoms with Gasteiger partial charge < -0.3 is 10.6 Å². The quantitative estimate of drug-likeness (QED) is 0.752. The van der Waals surface area contributed by atoms with E-state index < -0.39 is 6.04 Å². The summed E-state index contributed by atoms with van der Waals surface area (Å²) in [6.45, 7) is 1.84. The number of nitrogens with zero attached hydrogens (tertiary/aromatic N) is 4. The van der Waals surface area contributed by atoms with Crippen LogP contribution in [-0.4, -0.2) is 20.7 Å². The summed E-state index contributed by atoms with van der Waals surface area (Å²) in [4.78, 5) is 17.3. The van der Waals surface area contributed by atoms with Gasteiger partial charge in [-0.2, -0.15) is 15.3 Å². The van der Waals surface area contributed by atoms with Crippen molar-refractivity contribution in [1.29, 1.82) is 5.26 Å². The molecule has 7 heteroatoms. The number of anilines is 2. The highest BCUT2D eigenvalue weighted by Crippen LogP contribution is 2.35. The Labute approximate surface area is 156 Å². The molecule has 2 N–H and O–H groups in total. The van der Waals surface area contributed by atoms with E-state index in [1.165, 1.54) is 6.33 Å². The molecule has 0 spiro atoms. The molecule has 7 nitrogen and oxygen atoms in total. The van der Waals surface area contributed by atoms with Crippen LogP contribution in [0.3, 0.4) is 0 Å². The molecule has 1 atom stereocenters. The molecule has 3 aromatic rings. The van der Waals surface area contributed by atoms with Crippen LogP contribution >= 0.6 is 0 Å². The average molecular weight is 356 g/mol. The Bertz CT molecular complexity index is 1060. The Kier molecular flexibility index (Phi) is 4.15. The van der Waals surface area contributed by atoms with Crippen molar-refractivity contribution in [1.82, 2.24) is 14.8 Å². The third-order valence-corrected chi connectivity index (χ3v) is 4.43. The molecule has 1 aliphatic rings. The van der Waals surface area contributed by atoms with Crippen LogP contribution in [0.15, 0.2) is 72.2 Å². The maximum absolute atomic E-state index is 13.1. The van der Waals surface area contributed by atoms with E-state index in [1.807, 2.05) is 49.4 Å². The Balaban J connectivity index is 1.77. The summed E-state index contributed by atoms with van der Waals surface area (Å²) in [6, 6.07) is 18.1. The average Bonchev–Trinajstić information content (AvgIpc) is 3.15. The molecule has 1 aliphatic heterocycles. The number of fused-ring (bicyclic) bond motifs is 1. The third-order valence-electron chi connectivity index (χ3n) is 4.43. The summed E-state index contributed by atoms with van der Waals surface area (Å²) < 4.78 is 1.67. The zero-order valence-corrected chi connectivity index (χ0v) is 14.5. The first kappa shape index (κ1) is 16.5. The molecule has 1 aromatic heterocycles. The van der Waals surface area contributed by atoms with Gasteiger partial charge in [0.05, 0.1) is 17.2 Å². The van der Waals surface area contributed by atoms with E-state index in [9.17, 15) is 4.79 Å². The molecule has 132 valence electrons. The molecule has 2 aromatic carbocycles. The van der Waals surface area contributed by atoms with Gasteiger partial charge in [-0.05, 0) is 36.8 Å². The fourth-order valence-corrected chi connectivity index (χ4v) is 3.15. The molecule has 0 saturated heterocycles. The topological polar surface area (TPSA) is 95.6 Å². The number of allylic oxidation sites excluding steroid dienone is 1. The van der Waals surface area contributed by atoms with Gasteiger partial charge in [0.15, 0.2) is 0 Å². The lowest BCUT2D eigenvalue weighted by molar-refractivity contribution is -0.113. The Morgan fingerprint density at radius 3 is 2.63 bits per heavy atom. The minimum atomic E-state index is -0.444. The van der Waals surface area contributed by atoms with Gasteiger partial charge in [0, 0.05) is 11.4 Å². The predicted octanol–water partition coefficient (Wildman–Crippen LogP) is 3.08. The number of amides is 1. The summed E-state index contributed by atoms with van der Waals surface area (Å²) in [6.07, 6.45) is 1.45. The Morgan fingerprint density at radius 2 is 1.93 bits per heavy atom. The molecule has 0 radical (unpaired) electrons. The molecule has 2 heterocycles. The number of hydrogen-bond acceptors (Lipinski definition) is 5. The standard InChI is InChI=1S/C20H16N6O/c1-13-17(19(27)25-16-5-3-2-4-6-16)18(26-20(24-13)22-12-23-26)15-9-7-14(11-21)8-10-15/h2-10,12,18H,1H3,(H,25,27)(H,22,23,24)/t18-/m1/s1. The summed E-state index contributed by atoms with van der Waals surface area (Å²) in [5.41, 5.74) is 3.37. The van der Waals surface area contributed by atoms with Gasteiger partial charge in [-0.25, -0.2) is 4.68 Å².